The number of rotatable bonds is 2. The second-order valence-electron chi connectivity index (χ2n) is 2.77. The molecule has 0 radical (unpaired) electrons. The number of nitro groups is 1. The Bertz CT molecular complexity index is 423. The molecule has 1 aromatic heterocycles. The first kappa shape index (κ1) is 12.4. The molecule has 1 heterocycles. The largest absolute Gasteiger partial charge is 0.488 e. The van der Waals surface area contributed by atoms with Gasteiger partial charge in [0.15, 0.2) is 0 Å². The van der Waals surface area contributed by atoms with E-state index in [0.29, 0.717) is 12.1 Å². The third-order valence-electron chi connectivity index (χ3n) is 1.61. The summed E-state index contributed by atoms with van der Waals surface area (Å²) in [6.07, 6.45) is -4.89. The van der Waals surface area contributed by atoms with E-state index in [4.69, 9.17) is 10.0 Å². The van der Waals surface area contributed by atoms with Gasteiger partial charge in [-0.05, 0) is 21.4 Å². The fraction of sp³-hybridized carbons (Fsp3) is 0.167. The SMILES string of the molecule is O=[N+]([O-])c1cc(B(O)O)cc(C(F)(F)F)n1. The van der Waals surface area contributed by atoms with Crippen molar-refractivity contribution in [1.29, 1.82) is 0 Å². The molecule has 86 valence electrons. The van der Waals surface area contributed by atoms with Crippen LogP contribution < -0.4 is 5.46 Å². The van der Waals surface area contributed by atoms with Crippen LogP contribution in [0, 0.1) is 10.1 Å². The fourth-order valence-electron chi connectivity index (χ4n) is 0.924. The highest BCUT2D eigenvalue weighted by Crippen LogP contribution is 2.28. The van der Waals surface area contributed by atoms with Crippen molar-refractivity contribution in [2.45, 2.75) is 6.18 Å². The third-order valence-corrected chi connectivity index (χ3v) is 1.61. The topological polar surface area (TPSA) is 96.5 Å². The number of hydrogen-bond donors (Lipinski definition) is 2. The molecule has 0 aliphatic carbocycles. The van der Waals surface area contributed by atoms with Crippen molar-refractivity contribution in [1.82, 2.24) is 4.98 Å². The zero-order valence-electron chi connectivity index (χ0n) is 7.47. The molecule has 10 heteroatoms. The molecule has 0 aliphatic rings. The van der Waals surface area contributed by atoms with Gasteiger partial charge in [0.2, 0.25) is 0 Å². The number of halogens is 3. The van der Waals surface area contributed by atoms with E-state index in [9.17, 15) is 23.3 Å². The predicted molar refractivity (Wildman–Crippen MR) is 45.7 cm³/mol. The summed E-state index contributed by atoms with van der Waals surface area (Å²) in [7, 11) is -2.23. The van der Waals surface area contributed by atoms with Crippen molar-refractivity contribution in [2.75, 3.05) is 0 Å². The van der Waals surface area contributed by atoms with Crippen LogP contribution in [0.2, 0.25) is 0 Å². The van der Waals surface area contributed by atoms with Crippen LogP contribution in [0.5, 0.6) is 0 Å². The Morgan fingerprint density at radius 2 is 1.94 bits per heavy atom. The van der Waals surface area contributed by atoms with Crippen LogP contribution in [0.25, 0.3) is 0 Å². The molecule has 0 bridgehead atoms. The van der Waals surface area contributed by atoms with Gasteiger partial charge in [0.25, 0.3) is 5.69 Å². The minimum absolute atomic E-state index is 0.331. The highest BCUT2D eigenvalue weighted by Gasteiger charge is 2.39. The zero-order chi connectivity index (χ0) is 12.5. The molecule has 0 unspecified atom stereocenters. The van der Waals surface area contributed by atoms with Gasteiger partial charge < -0.3 is 20.2 Å². The molecule has 0 fully saturated rings. The standard InChI is InChI=1S/C6H4BF3N2O4/c8-6(9,10)4-1-3(7(13)14)2-5(11-4)12(15)16/h1-2,13-14H. The maximum atomic E-state index is 12.2. The van der Waals surface area contributed by atoms with Crippen LogP contribution >= 0.6 is 0 Å². The van der Waals surface area contributed by atoms with Crippen molar-refractivity contribution in [2.24, 2.45) is 0 Å². The molecule has 0 aliphatic heterocycles. The van der Waals surface area contributed by atoms with Gasteiger partial charge >= 0.3 is 19.1 Å². The van der Waals surface area contributed by atoms with E-state index >= 15 is 0 Å². The maximum absolute atomic E-state index is 12.2. The van der Waals surface area contributed by atoms with Crippen molar-refractivity contribution >= 4 is 18.4 Å². The summed E-state index contributed by atoms with van der Waals surface area (Å²) in [5, 5.41) is 27.6. The van der Waals surface area contributed by atoms with E-state index in [2.05, 4.69) is 4.98 Å². The van der Waals surface area contributed by atoms with Crippen molar-refractivity contribution < 1.29 is 28.1 Å². The van der Waals surface area contributed by atoms with Crippen molar-refractivity contribution in [3.63, 3.8) is 0 Å². The average molecular weight is 236 g/mol. The Morgan fingerprint density at radius 3 is 2.31 bits per heavy atom. The summed E-state index contributed by atoms with van der Waals surface area (Å²) in [5.41, 5.74) is -2.20. The van der Waals surface area contributed by atoms with Crippen LogP contribution in [0.15, 0.2) is 12.1 Å². The number of pyridine rings is 1. The summed E-state index contributed by atoms with van der Waals surface area (Å²) >= 11 is 0. The van der Waals surface area contributed by atoms with Gasteiger partial charge in [-0.3, -0.25) is 0 Å². The highest BCUT2D eigenvalue weighted by molar-refractivity contribution is 6.58. The van der Waals surface area contributed by atoms with E-state index in [1.54, 1.807) is 0 Å². The Hall–Kier alpha value is -1.68. The molecule has 0 spiro atoms. The monoisotopic (exact) mass is 236 g/mol. The number of nitrogens with zero attached hydrogens (tertiary/aromatic N) is 2. The van der Waals surface area contributed by atoms with Crippen LogP contribution in [-0.4, -0.2) is 27.1 Å². The molecule has 0 aromatic carbocycles. The van der Waals surface area contributed by atoms with Gasteiger partial charge in [-0.25, -0.2) is 0 Å². The van der Waals surface area contributed by atoms with Crippen LogP contribution in [0.3, 0.4) is 0 Å². The van der Waals surface area contributed by atoms with Crippen LogP contribution in [-0.2, 0) is 6.18 Å². The Balaban J connectivity index is 3.36. The Morgan fingerprint density at radius 1 is 1.38 bits per heavy atom. The summed E-state index contributed by atoms with van der Waals surface area (Å²) in [4.78, 5) is 11.9. The van der Waals surface area contributed by atoms with Gasteiger partial charge in [-0.15, -0.1) is 0 Å². The Kier molecular flexibility index (Phi) is 3.15. The molecule has 6 nitrogen and oxygen atoms in total. The smallest absolute Gasteiger partial charge is 0.423 e. The number of aromatic nitrogens is 1. The van der Waals surface area contributed by atoms with Gasteiger partial charge in [0.1, 0.15) is 0 Å². The van der Waals surface area contributed by atoms with Crippen molar-refractivity contribution in [3.8, 4) is 0 Å². The molecule has 0 saturated carbocycles. The molecule has 0 amide bonds. The minimum atomic E-state index is -4.89. The maximum Gasteiger partial charge on any atom is 0.488 e. The fourth-order valence-corrected chi connectivity index (χ4v) is 0.924. The predicted octanol–water partition coefficient (Wildman–Crippen LogP) is -0.312. The van der Waals surface area contributed by atoms with Crippen LogP contribution in [0.1, 0.15) is 5.69 Å². The summed E-state index contributed by atoms with van der Waals surface area (Å²) in [5.74, 6) is -1.10. The van der Waals surface area contributed by atoms with E-state index in [1.165, 1.54) is 0 Å². The lowest BCUT2D eigenvalue weighted by atomic mass is 9.80. The lowest BCUT2D eigenvalue weighted by molar-refractivity contribution is -0.389. The number of alkyl halides is 3. The van der Waals surface area contributed by atoms with Gasteiger partial charge in [-0.1, -0.05) is 0 Å². The van der Waals surface area contributed by atoms with E-state index in [-0.39, 0.29) is 0 Å². The van der Waals surface area contributed by atoms with E-state index in [1.807, 2.05) is 0 Å². The molecule has 1 aromatic rings. The van der Waals surface area contributed by atoms with E-state index < -0.39 is 35.2 Å². The highest BCUT2D eigenvalue weighted by atomic mass is 19.4. The average Bonchev–Trinajstić information content (AvgIpc) is 2.15. The third kappa shape index (κ3) is 2.67. The molecule has 16 heavy (non-hydrogen) atoms. The van der Waals surface area contributed by atoms with E-state index in [0.717, 1.165) is 0 Å². The first-order valence-electron chi connectivity index (χ1n) is 3.81. The molecular formula is C6H4BF3N2O4. The second-order valence-corrected chi connectivity index (χ2v) is 2.77. The Labute approximate surface area is 86.6 Å². The molecule has 1 rings (SSSR count). The second kappa shape index (κ2) is 4.06. The molecule has 2 N–H and O–H groups in total. The van der Waals surface area contributed by atoms with Gasteiger partial charge in [-0.2, -0.15) is 13.2 Å². The molecule has 0 atom stereocenters. The lowest BCUT2D eigenvalue weighted by Gasteiger charge is -2.04. The summed E-state index contributed by atoms with van der Waals surface area (Å²) < 4.78 is 36.7. The normalized spacial score (nSPS) is 11.3. The van der Waals surface area contributed by atoms with Crippen molar-refractivity contribution in [3.05, 3.63) is 27.9 Å². The summed E-state index contributed by atoms with van der Waals surface area (Å²) in [6, 6.07) is 0.886. The summed E-state index contributed by atoms with van der Waals surface area (Å²) in [6.45, 7) is 0. The first-order valence-corrected chi connectivity index (χ1v) is 3.81. The number of hydrogen-bond acceptors (Lipinski definition) is 5. The lowest BCUT2D eigenvalue weighted by Crippen LogP contribution is -2.31. The minimum Gasteiger partial charge on any atom is -0.423 e. The quantitative estimate of drug-likeness (QED) is 0.417. The molecular weight excluding hydrogens is 232 g/mol. The molecule has 0 saturated heterocycles. The first-order chi connectivity index (χ1) is 7.21. The van der Waals surface area contributed by atoms with Gasteiger partial charge in [0, 0.05) is 6.07 Å². The van der Waals surface area contributed by atoms with Gasteiger partial charge in [0.05, 0.1) is 0 Å². The van der Waals surface area contributed by atoms with Crippen LogP contribution in [0.4, 0.5) is 19.0 Å². The zero-order valence-corrected chi connectivity index (χ0v) is 7.47.